The molecule has 0 bridgehead atoms. The van der Waals surface area contributed by atoms with Gasteiger partial charge in [-0.2, -0.15) is 9.64 Å². The van der Waals surface area contributed by atoms with Crippen LogP contribution in [0.4, 0.5) is 5.00 Å². The Balaban J connectivity index is 2.69. The number of hydrogen-bond donors (Lipinski definition) is 1. The maximum Gasteiger partial charge on any atom is 0.127 e. The van der Waals surface area contributed by atoms with E-state index in [2.05, 4.69) is 27.6 Å². The molecule has 0 aromatic carbocycles. The second-order valence-corrected chi connectivity index (χ2v) is 4.66. The van der Waals surface area contributed by atoms with Crippen LogP contribution in [0, 0.1) is 18.3 Å². The Hall–Kier alpha value is -1.12. The van der Waals surface area contributed by atoms with Crippen LogP contribution in [0.3, 0.4) is 0 Å². The van der Waals surface area contributed by atoms with Crippen molar-refractivity contribution in [3.63, 3.8) is 0 Å². The Labute approximate surface area is 94.7 Å². The third-order valence-electron chi connectivity index (χ3n) is 1.99. The highest BCUT2D eigenvalue weighted by molar-refractivity contribution is 7.10. The standard InChI is InChI=1S/C10H16N4S/c1-7(6-14(3)4)12-10-9(5-11)8(2)13-15-10/h7,12H,6H2,1-4H3. The number of aromatic nitrogens is 1. The minimum absolute atomic E-state index is 0.312. The predicted octanol–water partition coefficient (Wildman–Crippen LogP) is 1.69. The Morgan fingerprint density at radius 3 is 2.80 bits per heavy atom. The molecule has 1 rings (SSSR count). The van der Waals surface area contributed by atoms with Crippen molar-refractivity contribution in [1.29, 1.82) is 5.26 Å². The maximum absolute atomic E-state index is 8.95. The van der Waals surface area contributed by atoms with E-state index >= 15 is 0 Å². The molecule has 0 aliphatic heterocycles. The summed E-state index contributed by atoms with van der Waals surface area (Å²) in [6.45, 7) is 4.88. The highest BCUT2D eigenvalue weighted by Crippen LogP contribution is 2.23. The summed E-state index contributed by atoms with van der Waals surface area (Å²) >= 11 is 1.35. The molecular formula is C10H16N4S. The summed E-state index contributed by atoms with van der Waals surface area (Å²) in [7, 11) is 4.06. The van der Waals surface area contributed by atoms with Gasteiger partial charge in [0.2, 0.25) is 0 Å². The Bertz CT molecular complexity index is 364. The lowest BCUT2D eigenvalue weighted by Gasteiger charge is -2.18. The molecule has 5 heteroatoms. The molecule has 0 fully saturated rings. The second-order valence-electron chi connectivity index (χ2n) is 3.89. The molecule has 0 saturated carbocycles. The summed E-state index contributed by atoms with van der Waals surface area (Å²) in [5, 5.41) is 13.1. The van der Waals surface area contributed by atoms with Crippen molar-refractivity contribution in [2.75, 3.05) is 26.0 Å². The van der Waals surface area contributed by atoms with E-state index in [4.69, 9.17) is 5.26 Å². The Kier molecular flexibility index (Phi) is 4.06. The highest BCUT2D eigenvalue weighted by Gasteiger charge is 2.12. The number of anilines is 1. The van der Waals surface area contributed by atoms with Crippen molar-refractivity contribution in [1.82, 2.24) is 9.27 Å². The molecule has 15 heavy (non-hydrogen) atoms. The molecule has 0 aliphatic carbocycles. The van der Waals surface area contributed by atoms with E-state index in [0.29, 0.717) is 11.6 Å². The first kappa shape index (κ1) is 12.0. The summed E-state index contributed by atoms with van der Waals surface area (Å²) in [5.41, 5.74) is 1.48. The minimum atomic E-state index is 0.312. The van der Waals surface area contributed by atoms with Gasteiger partial charge in [0.25, 0.3) is 0 Å². The number of nitrogens with zero attached hydrogens (tertiary/aromatic N) is 3. The zero-order chi connectivity index (χ0) is 11.4. The smallest absolute Gasteiger partial charge is 0.127 e. The molecule has 82 valence electrons. The van der Waals surface area contributed by atoms with Gasteiger partial charge in [-0.25, -0.2) is 0 Å². The summed E-state index contributed by atoms with van der Waals surface area (Å²) in [5.74, 6) is 0. The summed E-state index contributed by atoms with van der Waals surface area (Å²) in [4.78, 5) is 2.11. The van der Waals surface area contributed by atoms with Gasteiger partial charge in [0.05, 0.1) is 5.69 Å². The topological polar surface area (TPSA) is 52.0 Å². The van der Waals surface area contributed by atoms with E-state index in [1.165, 1.54) is 11.5 Å². The first-order valence-corrected chi connectivity index (χ1v) is 5.59. The van der Waals surface area contributed by atoms with Crippen LogP contribution in [0.2, 0.25) is 0 Å². The molecule has 0 spiro atoms. The van der Waals surface area contributed by atoms with Crippen LogP contribution in [0.5, 0.6) is 0 Å². The maximum atomic E-state index is 8.95. The van der Waals surface area contributed by atoms with Crippen molar-refractivity contribution < 1.29 is 0 Å². The molecule has 1 atom stereocenters. The number of nitrogens with one attached hydrogen (secondary N) is 1. The molecule has 1 aromatic rings. The first-order valence-electron chi connectivity index (χ1n) is 4.82. The number of nitriles is 1. The summed E-state index contributed by atoms with van der Waals surface area (Å²) < 4.78 is 4.16. The number of aryl methyl sites for hydroxylation is 1. The first-order chi connectivity index (χ1) is 7.04. The van der Waals surface area contributed by atoms with Gasteiger partial charge >= 0.3 is 0 Å². The number of hydrogen-bond acceptors (Lipinski definition) is 5. The molecule has 1 aromatic heterocycles. The fourth-order valence-corrected chi connectivity index (χ4v) is 2.28. The molecule has 1 unspecified atom stereocenters. The molecule has 0 saturated heterocycles. The third kappa shape index (κ3) is 3.18. The minimum Gasteiger partial charge on any atom is -0.371 e. The van der Waals surface area contributed by atoms with Crippen LogP contribution in [0.1, 0.15) is 18.2 Å². The summed E-state index contributed by atoms with van der Waals surface area (Å²) in [6.07, 6.45) is 0. The van der Waals surface area contributed by atoms with Crippen molar-refractivity contribution >= 4 is 16.5 Å². The fourth-order valence-electron chi connectivity index (χ4n) is 1.42. The van der Waals surface area contributed by atoms with Crippen molar-refractivity contribution in [3.8, 4) is 6.07 Å². The van der Waals surface area contributed by atoms with Gasteiger partial charge in [-0.15, -0.1) is 0 Å². The van der Waals surface area contributed by atoms with Crippen LogP contribution in [-0.4, -0.2) is 36.0 Å². The zero-order valence-electron chi connectivity index (χ0n) is 9.53. The van der Waals surface area contributed by atoms with Gasteiger partial charge in [0.1, 0.15) is 16.6 Å². The predicted molar refractivity (Wildman–Crippen MR) is 63.2 cm³/mol. The highest BCUT2D eigenvalue weighted by atomic mass is 32.1. The Morgan fingerprint density at radius 1 is 1.60 bits per heavy atom. The average Bonchev–Trinajstić information content (AvgIpc) is 2.45. The summed E-state index contributed by atoms with van der Waals surface area (Å²) in [6, 6.07) is 2.49. The van der Waals surface area contributed by atoms with Crippen LogP contribution < -0.4 is 5.32 Å². The number of rotatable bonds is 4. The Morgan fingerprint density at radius 2 is 2.27 bits per heavy atom. The number of likely N-dealkylation sites (N-methyl/N-ethyl adjacent to an activating group) is 1. The van der Waals surface area contributed by atoms with Crippen LogP contribution in [0.15, 0.2) is 0 Å². The van der Waals surface area contributed by atoms with E-state index in [1.807, 2.05) is 21.0 Å². The molecule has 4 nitrogen and oxygen atoms in total. The SMILES string of the molecule is Cc1nsc(NC(C)CN(C)C)c1C#N. The monoisotopic (exact) mass is 224 g/mol. The van der Waals surface area contributed by atoms with Gasteiger partial charge in [0.15, 0.2) is 0 Å². The second kappa shape index (κ2) is 5.10. The molecule has 0 amide bonds. The van der Waals surface area contributed by atoms with Crippen LogP contribution in [-0.2, 0) is 0 Å². The molecule has 0 aliphatic rings. The van der Waals surface area contributed by atoms with Gasteiger partial charge in [0, 0.05) is 12.6 Å². The lowest BCUT2D eigenvalue weighted by atomic mass is 10.2. The van der Waals surface area contributed by atoms with E-state index in [9.17, 15) is 0 Å². The van der Waals surface area contributed by atoms with Crippen molar-refractivity contribution in [2.24, 2.45) is 0 Å². The van der Waals surface area contributed by atoms with E-state index in [-0.39, 0.29) is 0 Å². The van der Waals surface area contributed by atoms with Gasteiger partial charge in [-0.3, -0.25) is 0 Å². The molecule has 1 heterocycles. The quantitative estimate of drug-likeness (QED) is 0.845. The third-order valence-corrected chi connectivity index (χ3v) is 2.86. The van der Waals surface area contributed by atoms with E-state index in [1.54, 1.807) is 0 Å². The molecule has 1 N–H and O–H groups in total. The van der Waals surface area contributed by atoms with Gasteiger partial charge in [-0.1, -0.05) is 0 Å². The van der Waals surface area contributed by atoms with Crippen molar-refractivity contribution in [3.05, 3.63) is 11.3 Å². The lowest BCUT2D eigenvalue weighted by Crippen LogP contribution is -2.29. The fraction of sp³-hybridized carbons (Fsp3) is 0.600. The van der Waals surface area contributed by atoms with Crippen molar-refractivity contribution in [2.45, 2.75) is 19.9 Å². The average molecular weight is 224 g/mol. The van der Waals surface area contributed by atoms with E-state index in [0.717, 1.165) is 17.2 Å². The van der Waals surface area contributed by atoms with Gasteiger partial charge in [-0.05, 0) is 39.5 Å². The molecule has 0 radical (unpaired) electrons. The molecular weight excluding hydrogens is 208 g/mol. The lowest BCUT2D eigenvalue weighted by molar-refractivity contribution is 0.392. The largest absolute Gasteiger partial charge is 0.371 e. The van der Waals surface area contributed by atoms with Crippen LogP contribution >= 0.6 is 11.5 Å². The zero-order valence-corrected chi connectivity index (χ0v) is 10.4. The van der Waals surface area contributed by atoms with Crippen LogP contribution in [0.25, 0.3) is 0 Å². The normalized spacial score (nSPS) is 12.5. The van der Waals surface area contributed by atoms with Gasteiger partial charge < -0.3 is 10.2 Å². The van der Waals surface area contributed by atoms with E-state index < -0.39 is 0 Å².